The smallest absolute Gasteiger partial charge is 0.265 e. The molecule has 0 atom stereocenters. The van der Waals surface area contributed by atoms with Gasteiger partial charge in [-0.05, 0) is 56.2 Å². The predicted octanol–water partition coefficient (Wildman–Crippen LogP) is 3.55. The molecule has 1 aliphatic carbocycles. The third-order valence-electron chi connectivity index (χ3n) is 3.57. The number of benzene rings is 1. The van der Waals surface area contributed by atoms with E-state index in [2.05, 4.69) is 10.6 Å². The van der Waals surface area contributed by atoms with Gasteiger partial charge in [0.1, 0.15) is 0 Å². The van der Waals surface area contributed by atoms with Gasteiger partial charge in [0.15, 0.2) is 5.78 Å². The summed E-state index contributed by atoms with van der Waals surface area (Å²) in [5.74, 6) is -0.0949. The maximum absolute atomic E-state index is 12.2. The fourth-order valence-corrected chi connectivity index (χ4v) is 2.88. The highest BCUT2D eigenvalue weighted by molar-refractivity contribution is 7.18. The summed E-state index contributed by atoms with van der Waals surface area (Å²) in [5.41, 5.74) is 1.22. The number of carbonyl (C=O) groups excluding carboxylic acids is 3. The van der Waals surface area contributed by atoms with Gasteiger partial charge in [-0.25, -0.2) is 0 Å². The molecule has 5 nitrogen and oxygen atoms in total. The zero-order chi connectivity index (χ0) is 16.4. The van der Waals surface area contributed by atoms with Crippen molar-refractivity contribution >= 4 is 39.6 Å². The molecular weight excluding hydrogens is 312 g/mol. The van der Waals surface area contributed by atoms with Crippen molar-refractivity contribution in [2.75, 3.05) is 10.6 Å². The van der Waals surface area contributed by atoms with Crippen molar-refractivity contribution in [3.8, 4) is 0 Å². The first-order valence-electron chi connectivity index (χ1n) is 7.36. The van der Waals surface area contributed by atoms with E-state index in [-0.39, 0.29) is 23.5 Å². The van der Waals surface area contributed by atoms with Crippen molar-refractivity contribution < 1.29 is 14.4 Å². The molecule has 1 aromatic carbocycles. The van der Waals surface area contributed by atoms with E-state index in [1.165, 1.54) is 18.3 Å². The number of ketones is 1. The molecule has 1 aromatic heterocycles. The van der Waals surface area contributed by atoms with Crippen LogP contribution in [0.2, 0.25) is 0 Å². The Morgan fingerprint density at radius 3 is 2.30 bits per heavy atom. The van der Waals surface area contributed by atoms with Gasteiger partial charge in [0.2, 0.25) is 5.91 Å². The summed E-state index contributed by atoms with van der Waals surface area (Å²) in [5, 5.41) is 6.28. The van der Waals surface area contributed by atoms with Gasteiger partial charge < -0.3 is 10.6 Å². The Kier molecular flexibility index (Phi) is 4.25. The van der Waals surface area contributed by atoms with Crippen LogP contribution in [0.25, 0.3) is 0 Å². The molecule has 6 heteroatoms. The Balaban J connectivity index is 1.62. The van der Waals surface area contributed by atoms with Crippen LogP contribution in [0.5, 0.6) is 0 Å². The molecule has 118 valence electrons. The lowest BCUT2D eigenvalue weighted by molar-refractivity contribution is -0.117. The summed E-state index contributed by atoms with van der Waals surface area (Å²) in [6, 6.07) is 10.2. The summed E-state index contributed by atoms with van der Waals surface area (Å²) >= 11 is 1.24. The molecule has 1 fully saturated rings. The van der Waals surface area contributed by atoms with Crippen molar-refractivity contribution in [2.45, 2.75) is 19.8 Å². The average molecular weight is 328 g/mol. The molecule has 3 rings (SSSR count). The summed E-state index contributed by atoms with van der Waals surface area (Å²) in [6.07, 6.45) is 1.89. The second kappa shape index (κ2) is 6.34. The van der Waals surface area contributed by atoms with Crippen LogP contribution in [0, 0.1) is 5.92 Å². The second-order valence-electron chi connectivity index (χ2n) is 5.52. The van der Waals surface area contributed by atoms with Crippen LogP contribution >= 0.6 is 11.3 Å². The highest BCUT2D eigenvalue weighted by Gasteiger charge is 2.29. The van der Waals surface area contributed by atoms with Crippen molar-refractivity contribution in [1.82, 2.24) is 0 Å². The lowest BCUT2D eigenvalue weighted by Gasteiger charge is -2.04. The van der Waals surface area contributed by atoms with Crippen molar-refractivity contribution in [3.63, 3.8) is 0 Å². The van der Waals surface area contributed by atoms with Gasteiger partial charge in [0, 0.05) is 17.2 Å². The fraction of sp³-hybridized carbons (Fsp3) is 0.235. The zero-order valence-electron chi connectivity index (χ0n) is 12.6. The van der Waals surface area contributed by atoms with Crippen molar-refractivity contribution in [3.05, 3.63) is 46.8 Å². The van der Waals surface area contributed by atoms with Gasteiger partial charge in [0.05, 0.1) is 9.88 Å². The van der Waals surface area contributed by atoms with E-state index in [1.807, 2.05) is 0 Å². The summed E-state index contributed by atoms with van der Waals surface area (Å²) in [4.78, 5) is 35.6. The lowest BCUT2D eigenvalue weighted by Crippen LogP contribution is -2.12. The number of anilines is 2. The van der Waals surface area contributed by atoms with E-state index in [9.17, 15) is 14.4 Å². The molecule has 1 aliphatic rings. The molecule has 0 saturated heterocycles. The van der Waals surface area contributed by atoms with Crippen LogP contribution < -0.4 is 10.6 Å². The largest absolute Gasteiger partial charge is 0.321 e. The summed E-state index contributed by atoms with van der Waals surface area (Å²) in [7, 11) is 0. The molecule has 2 N–H and O–H groups in total. The van der Waals surface area contributed by atoms with Gasteiger partial charge in [-0.15, -0.1) is 11.3 Å². The van der Waals surface area contributed by atoms with Gasteiger partial charge in [-0.1, -0.05) is 0 Å². The third kappa shape index (κ3) is 3.84. The van der Waals surface area contributed by atoms with Gasteiger partial charge in [-0.2, -0.15) is 0 Å². The first kappa shape index (κ1) is 15.4. The lowest BCUT2D eigenvalue weighted by atomic mass is 10.1. The van der Waals surface area contributed by atoms with Gasteiger partial charge in [0.25, 0.3) is 5.91 Å². The van der Waals surface area contributed by atoms with Crippen LogP contribution in [-0.2, 0) is 4.79 Å². The van der Waals surface area contributed by atoms with Crippen LogP contribution in [-0.4, -0.2) is 17.6 Å². The molecule has 0 bridgehead atoms. The van der Waals surface area contributed by atoms with Crippen molar-refractivity contribution in [1.29, 1.82) is 0 Å². The van der Waals surface area contributed by atoms with Crippen LogP contribution in [0.15, 0.2) is 36.4 Å². The number of hydrogen-bond acceptors (Lipinski definition) is 4. The predicted molar refractivity (Wildman–Crippen MR) is 90.1 cm³/mol. The van der Waals surface area contributed by atoms with E-state index in [1.54, 1.807) is 36.4 Å². The molecule has 23 heavy (non-hydrogen) atoms. The number of amides is 2. The highest BCUT2D eigenvalue weighted by Crippen LogP contribution is 2.31. The molecule has 0 unspecified atom stereocenters. The Labute approximate surface area is 137 Å². The first-order chi connectivity index (χ1) is 11.0. The third-order valence-corrected chi connectivity index (χ3v) is 4.57. The minimum Gasteiger partial charge on any atom is -0.321 e. The number of nitrogens with one attached hydrogen (secondary N) is 2. The fourth-order valence-electron chi connectivity index (χ4n) is 2.08. The van der Waals surface area contributed by atoms with Crippen molar-refractivity contribution in [2.24, 2.45) is 5.92 Å². The maximum Gasteiger partial charge on any atom is 0.265 e. The number of hydrogen-bond donors (Lipinski definition) is 2. The SMILES string of the molecule is CC(=O)c1ccc(NC(=O)c2ccc(NC(=O)C3CC3)s2)cc1. The topological polar surface area (TPSA) is 75.3 Å². The molecule has 0 aliphatic heterocycles. The monoisotopic (exact) mass is 328 g/mol. The standard InChI is InChI=1S/C17H16N2O3S/c1-10(20)11-4-6-13(7-5-11)18-17(22)14-8-9-15(23-14)19-16(21)12-2-3-12/h4-9,12H,2-3H2,1H3,(H,18,22)(H,19,21). The Morgan fingerprint density at radius 2 is 1.70 bits per heavy atom. The molecule has 0 spiro atoms. The summed E-state index contributed by atoms with van der Waals surface area (Å²) in [6.45, 7) is 1.50. The van der Waals surface area contributed by atoms with Crippen LogP contribution in [0.3, 0.4) is 0 Å². The minimum atomic E-state index is -0.238. The molecule has 1 heterocycles. The highest BCUT2D eigenvalue weighted by atomic mass is 32.1. The molecular formula is C17H16N2O3S. The second-order valence-corrected chi connectivity index (χ2v) is 6.60. The first-order valence-corrected chi connectivity index (χ1v) is 8.17. The summed E-state index contributed by atoms with van der Waals surface area (Å²) < 4.78 is 0. The van der Waals surface area contributed by atoms with Crippen LogP contribution in [0.1, 0.15) is 39.8 Å². The van der Waals surface area contributed by atoms with E-state index in [4.69, 9.17) is 0 Å². The number of thiophene rings is 1. The van der Waals surface area contributed by atoms with Gasteiger partial charge in [-0.3, -0.25) is 14.4 Å². The molecule has 0 radical (unpaired) electrons. The van der Waals surface area contributed by atoms with E-state index in [0.29, 0.717) is 21.1 Å². The Bertz CT molecular complexity index is 760. The number of carbonyl (C=O) groups is 3. The number of Topliss-reactive ketones (excluding diaryl/α,β-unsaturated/α-hetero) is 1. The van der Waals surface area contributed by atoms with Gasteiger partial charge >= 0.3 is 0 Å². The molecule has 2 amide bonds. The van der Waals surface area contributed by atoms with Crippen LogP contribution in [0.4, 0.5) is 10.7 Å². The minimum absolute atomic E-state index is 0.0165. The quantitative estimate of drug-likeness (QED) is 0.824. The Hall–Kier alpha value is -2.47. The zero-order valence-corrected chi connectivity index (χ0v) is 13.4. The molecule has 1 saturated carbocycles. The van der Waals surface area contributed by atoms with E-state index in [0.717, 1.165) is 12.8 Å². The maximum atomic E-state index is 12.2. The van der Waals surface area contributed by atoms with E-state index >= 15 is 0 Å². The van der Waals surface area contributed by atoms with E-state index < -0.39 is 0 Å². The Morgan fingerprint density at radius 1 is 1.00 bits per heavy atom. The normalized spacial score (nSPS) is 13.4. The molecule has 2 aromatic rings. The number of rotatable bonds is 5. The average Bonchev–Trinajstić information content (AvgIpc) is 3.28.